The van der Waals surface area contributed by atoms with Crippen molar-refractivity contribution in [3.63, 3.8) is 0 Å². The van der Waals surface area contributed by atoms with Crippen LogP contribution >= 0.6 is 12.4 Å². The molecule has 150 valence electrons. The first-order valence-electron chi connectivity index (χ1n) is 10.3. The van der Waals surface area contributed by atoms with Gasteiger partial charge in [0.2, 0.25) is 0 Å². The lowest BCUT2D eigenvalue weighted by molar-refractivity contribution is -0.225. The number of aliphatic hydroxyl groups is 1. The zero-order chi connectivity index (χ0) is 18.1. The lowest BCUT2D eigenvalue weighted by Gasteiger charge is -2.68. The van der Waals surface area contributed by atoms with Crippen LogP contribution in [-0.4, -0.2) is 53.1 Å². The maximum atomic E-state index is 10.7. The molecule has 2 unspecified atom stereocenters. The molecule has 5 rings (SSSR count). The lowest BCUT2D eigenvalue weighted by Crippen LogP contribution is -2.76. The third kappa shape index (κ3) is 2.60. The summed E-state index contributed by atoms with van der Waals surface area (Å²) < 4.78 is 6.50. The summed E-state index contributed by atoms with van der Waals surface area (Å²) in [7, 11) is 1.88. The summed E-state index contributed by atoms with van der Waals surface area (Å²) in [6, 6.07) is 6.24. The number of halogens is 1. The fourth-order valence-corrected chi connectivity index (χ4v) is 6.92. The van der Waals surface area contributed by atoms with Gasteiger partial charge in [-0.25, -0.2) is 0 Å². The molecular formula is C22H32ClNO3. The number of likely N-dealkylation sites (tertiary alicyclic amines) is 1. The highest BCUT2D eigenvalue weighted by Gasteiger charge is 2.68. The highest BCUT2D eigenvalue weighted by atomic mass is 35.5. The number of piperidine rings is 1. The van der Waals surface area contributed by atoms with Crippen molar-refractivity contribution in [2.45, 2.75) is 68.6 Å². The molecule has 2 bridgehead atoms. The molecule has 3 aliphatic carbocycles. The van der Waals surface area contributed by atoms with E-state index in [1.54, 1.807) is 0 Å². The number of methoxy groups -OCH3 is 1. The van der Waals surface area contributed by atoms with Crippen molar-refractivity contribution in [2.75, 3.05) is 20.2 Å². The van der Waals surface area contributed by atoms with E-state index >= 15 is 0 Å². The van der Waals surface area contributed by atoms with Crippen molar-refractivity contribution in [3.05, 3.63) is 29.3 Å². The molecule has 1 saturated heterocycles. The monoisotopic (exact) mass is 393 g/mol. The first-order chi connectivity index (χ1) is 12.5. The minimum absolute atomic E-state index is 0. The zero-order valence-corrected chi connectivity index (χ0v) is 17.2. The number of aliphatic hydroxyl groups excluding tert-OH is 1. The second-order valence-corrected chi connectivity index (χ2v) is 9.32. The Morgan fingerprint density at radius 2 is 2.07 bits per heavy atom. The minimum Gasteiger partial charge on any atom is -0.508 e. The van der Waals surface area contributed by atoms with Crippen molar-refractivity contribution < 1.29 is 14.9 Å². The number of phenolic OH excluding ortho intramolecular Hbond substituents is 1. The molecule has 0 amide bonds. The van der Waals surface area contributed by atoms with Crippen molar-refractivity contribution in [1.82, 2.24) is 4.90 Å². The van der Waals surface area contributed by atoms with E-state index in [9.17, 15) is 10.2 Å². The van der Waals surface area contributed by atoms with Crippen LogP contribution in [0.5, 0.6) is 5.75 Å². The van der Waals surface area contributed by atoms with Crippen LogP contribution in [0.25, 0.3) is 0 Å². The van der Waals surface area contributed by atoms with Gasteiger partial charge in [-0.3, -0.25) is 4.90 Å². The molecule has 0 radical (unpaired) electrons. The molecule has 1 heterocycles. The molecule has 5 atom stereocenters. The summed E-state index contributed by atoms with van der Waals surface area (Å²) in [5.74, 6) is 1.48. The number of rotatable bonds is 3. The maximum Gasteiger partial charge on any atom is 0.115 e. The van der Waals surface area contributed by atoms with Crippen LogP contribution in [0.1, 0.15) is 50.2 Å². The van der Waals surface area contributed by atoms with Crippen LogP contribution in [0.15, 0.2) is 18.2 Å². The van der Waals surface area contributed by atoms with Crippen LogP contribution in [-0.2, 0) is 16.6 Å². The molecule has 0 spiro atoms. The highest BCUT2D eigenvalue weighted by molar-refractivity contribution is 5.85. The van der Waals surface area contributed by atoms with Gasteiger partial charge in [0.1, 0.15) is 5.75 Å². The molecule has 4 nitrogen and oxygen atoms in total. The van der Waals surface area contributed by atoms with E-state index in [0.29, 0.717) is 17.7 Å². The molecule has 1 aliphatic heterocycles. The molecule has 3 fully saturated rings. The molecule has 5 heteroatoms. The number of hydrogen-bond acceptors (Lipinski definition) is 4. The van der Waals surface area contributed by atoms with Gasteiger partial charge in [0.25, 0.3) is 0 Å². The van der Waals surface area contributed by atoms with Crippen molar-refractivity contribution in [3.8, 4) is 5.75 Å². The van der Waals surface area contributed by atoms with Gasteiger partial charge in [-0.05, 0) is 80.2 Å². The summed E-state index contributed by atoms with van der Waals surface area (Å²) in [6.45, 7) is 4.53. The first kappa shape index (κ1) is 19.5. The SMILES string of the molecule is COC12[C@H](C)CC(O)C[C@@]13CCN(CC1CC1)[C@@H]2Cc1ccc(O)cc13.Cl. The number of fused-ring (bicyclic) bond motifs is 1. The van der Waals surface area contributed by atoms with E-state index in [-0.39, 0.29) is 29.5 Å². The van der Waals surface area contributed by atoms with Crippen molar-refractivity contribution in [1.29, 1.82) is 0 Å². The van der Waals surface area contributed by atoms with Gasteiger partial charge in [0.05, 0.1) is 11.7 Å². The summed E-state index contributed by atoms with van der Waals surface area (Å²) >= 11 is 0. The molecule has 1 aromatic rings. The average Bonchev–Trinajstić information content (AvgIpc) is 3.42. The Morgan fingerprint density at radius 1 is 1.30 bits per heavy atom. The molecule has 2 saturated carbocycles. The molecular weight excluding hydrogens is 362 g/mol. The van der Waals surface area contributed by atoms with Crippen LogP contribution in [0.2, 0.25) is 0 Å². The number of phenols is 1. The fraction of sp³-hybridized carbons (Fsp3) is 0.727. The van der Waals surface area contributed by atoms with E-state index in [2.05, 4.69) is 17.9 Å². The Labute approximate surface area is 168 Å². The Balaban J connectivity index is 0.00000180. The van der Waals surface area contributed by atoms with Crippen molar-refractivity contribution in [2.24, 2.45) is 11.8 Å². The highest BCUT2D eigenvalue weighted by Crippen LogP contribution is 2.62. The van der Waals surface area contributed by atoms with E-state index in [1.165, 1.54) is 30.5 Å². The average molecular weight is 394 g/mol. The predicted molar refractivity (Wildman–Crippen MR) is 108 cm³/mol. The molecule has 4 aliphatic rings. The third-order valence-electron chi connectivity index (χ3n) is 8.00. The van der Waals surface area contributed by atoms with Gasteiger partial charge >= 0.3 is 0 Å². The Morgan fingerprint density at radius 3 is 2.78 bits per heavy atom. The maximum absolute atomic E-state index is 10.7. The third-order valence-corrected chi connectivity index (χ3v) is 8.00. The number of ether oxygens (including phenoxy) is 1. The second-order valence-electron chi connectivity index (χ2n) is 9.32. The van der Waals surface area contributed by atoms with Gasteiger partial charge in [-0.1, -0.05) is 13.0 Å². The fourth-order valence-electron chi connectivity index (χ4n) is 6.92. The molecule has 2 N–H and O–H groups in total. The van der Waals surface area contributed by atoms with Crippen LogP contribution in [0.4, 0.5) is 0 Å². The normalized spacial score (nSPS) is 40.6. The zero-order valence-electron chi connectivity index (χ0n) is 16.4. The summed E-state index contributed by atoms with van der Waals surface area (Å²) in [4.78, 5) is 2.70. The molecule has 0 aromatic heterocycles. The number of aromatic hydroxyl groups is 1. The smallest absolute Gasteiger partial charge is 0.115 e. The molecule has 1 aromatic carbocycles. The number of nitrogens with zero attached hydrogens (tertiary/aromatic N) is 1. The summed E-state index contributed by atoms with van der Waals surface area (Å²) in [6.07, 6.45) is 5.98. The van der Waals surface area contributed by atoms with Crippen molar-refractivity contribution >= 4 is 12.4 Å². The largest absolute Gasteiger partial charge is 0.508 e. The number of hydrogen-bond donors (Lipinski definition) is 2. The second kappa shape index (κ2) is 6.62. The van der Waals surface area contributed by atoms with Crippen LogP contribution in [0, 0.1) is 11.8 Å². The van der Waals surface area contributed by atoms with E-state index in [1.807, 2.05) is 19.2 Å². The Bertz CT molecular complexity index is 724. The molecule has 27 heavy (non-hydrogen) atoms. The van der Waals surface area contributed by atoms with E-state index in [4.69, 9.17) is 4.74 Å². The van der Waals surface area contributed by atoms with Gasteiger partial charge in [0.15, 0.2) is 0 Å². The van der Waals surface area contributed by atoms with Gasteiger partial charge in [-0.2, -0.15) is 0 Å². The van der Waals surface area contributed by atoms with E-state index < -0.39 is 0 Å². The minimum atomic E-state index is -0.294. The predicted octanol–water partition coefficient (Wildman–Crippen LogP) is 3.27. The topological polar surface area (TPSA) is 52.9 Å². The lowest BCUT2D eigenvalue weighted by atomic mass is 9.46. The Kier molecular flexibility index (Phi) is 4.78. The van der Waals surface area contributed by atoms with E-state index in [0.717, 1.165) is 38.1 Å². The Hall–Kier alpha value is -0.810. The quantitative estimate of drug-likeness (QED) is 0.827. The van der Waals surface area contributed by atoms with Crippen LogP contribution < -0.4 is 0 Å². The van der Waals surface area contributed by atoms with Gasteiger partial charge in [-0.15, -0.1) is 12.4 Å². The van der Waals surface area contributed by atoms with Crippen LogP contribution in [0.3, 0.4) is 0 Å². The summed E-state index contributed by atoms with van der Waals surface area (Å²) in [5, 5.41) is 20.9. The number of benzene rings is 1. The van der Waals surface area contributed by atoms with Gasteiger partial charge < -0.3 is 14.9 Å². The summed E-state index contributed by atoms with van der Waals surface area (Å²) in [5.41, 5.74) is 2.09. The standard InChI is InChI=1S/C22H31NO3.ClH/c1-14-9-18(25)12-21-7-8-23(13-15-3-4-15)20(22(14,21)26-2)10-16-5-6-17(24)11-19(16)21;/h5-6,11,14-15,18,20,24-25H,3-4,7-10,12-13H2,1-2H3;1H/t14-,18?,20-,21-,22?;/m1./s1. The van der Waals surface area contributed by atoms with Gasteiger partial charge in [0, 0.05) is 25.1 Å². The first-order valence-corrected chi connectivity index (χ1v) is 10.3.